The molecule has 0 amide bonds. The van der Waals surface area contributed by atoms with Crippen molar-refractivity contribution in [2.45, 2.75) is 11.8 Å². The molecular weight excluding hydrogens is 208 g/mol. The molecule has 1 aromatic carbocycles. The maximum absolute atomic E-state index is 11.5. The van der Waals surface area contributed by atoms with Gasteiger partial charge in [-0.05, 0) is 13.0 Å². The van der Waals surface area contributed by atoms with Crippen LogP contribution >= 0.6 is 0 Å². The zero-order valence-electron chi connectivity index (χ0n) is 6.85. The minimum absolute atomic E-state index is 0.0147. The fraction of sp³-hybridized carbons (Fsp3) is 0.125. The van der Waals surface area contributed by atoms with Crippen molar-refractivity contribution in [1.82, 2.24) is 0 Å². The highest BCUT2D eigenvalue weighted by atomic mass is 32.2. The molecule has 0 aliphatic heterocycles. The van der Waals surface area contributed by atoms with Crippen molar-refractivity contribution in [3.05, 3.63) is 30.3 Å². The van der Waals surface area contributed by atoms with Crippen molar-refractivity contribution in [3.8, 4) is 0 Å². The van der Waals surface area contributed by atoms with Gasteiger partial charge in [0.2, 0.25) is 9.84 Å². The quantitative estimate of drug-likeness (QED) is 0.645. The Labute approximate surface area is 80.4 Å². The summed E-state index contributed by atoms with van der Waals surface area (Å²) in [5.41, 5.74) is 0. The van der Waals surface area contributed by atoms with Crippen LogP contribution in [0.5, 0.6) is 0 Å². The van der Waals surface area contributed by atoms with Crippen molar-refractivity contribution in [2.75, 3.05) is 0 Å². The van der Waals surface area contributed by atoms with Gasteiger partial charge in [-0.1, -0.05) is 18.2 Å². The average molecular weight is 215 g/mol. The summed E-state index contributed by atoms with van der Waals surface area (Å²) in [6.45, 7) is 1.29. The van der Waals surface area contributed by atoms with E-state index < -0.39 is 9.84 Å². The molecule has 0 heterocycles. The summed E-state index contributed by atoms with van der Waals surface area (Å²) in [5.74, 6) is 0. The first-order valence-electron chi connectivity index (χ1n) is 3.44. The largest absolute Gasteiger partial charge is 0.218 e. The molecule has 1 rings (SSSR count). The van der Waals surface area contributed by atoms with E-state index in [1.54, 1.807) is 12.1 Å². The zero-order chi connectivity index (χ0) is 9.90. The molecule has 5 heteroatoms. The van der Waals surface area contributed by atoms with E-state index in [4.69, 9.17) is 0 Å². The second kappa shape index (κ2) is 3.85. The van der Waals surface area contributed by atoms with Gasteiger partial charge >= 0.3 is 0 Å². The van der Waals surface area contributed by atoms with Crippen LogP contribution in [0.15, 0.2) is 29.2 Å². The number of benzene rings is 1. The third-order valence-corrected chi connectivity index (χ3v) is 4.15. The Balaban J connectivity index is 3.33. The van der Waals surface area contributed by atoms with Gasteiger partial charge < -0.3 is 0 Å². The monoisotopic (exact) mass is 215 g/mol. The van der Waals surface area contributed by atoms with E-state index >= 15 is 0 Å². The molecule has 1 radical (unpaired) electrons. The van der Waals surface area contributed by atoms with Crippen LogP contribution in [0, 0.1) is 6.07 Å². The molecule has 13 heavy (non-hydrogen) atoms. The minimum atomic E-state index is -3.58. The standard InChI is InChI=1S/C8H7O3S2/c1-7(12-9)13(10,11)8-5-3-2-4-6-8/h2-5H,1H3. The summed E-state index contributed by atoms with van der Waals surface area (Å²) in [5, 5.41) is 0. The van der Waals surface area contributed by atoms with Gasteiger partial charge in [0.05, 0.1) is 4.90 Å². The number of sulfone groups is 1. The van der Waals surface area contributed by atoms with E-state index in [0.29, 0.717) is 0 Å². The molecule has 0 N–H and O–H groups in total. The van der Waals surface area contributed by atoms with Crippen LogP contribution in [0.1, 0.15) is 6.92 Å². The molecule has 0 bridgehead atoms. The summed E-state index contributed by atoms with van der Waals surface area (Å²) < 4.78 is 33.1. The Morgan fingerprint density at radius 1 is 1.46 bits per heavy atom. The Kier molecular flexibility index (Phi) is 3.00. The number of hydrogen-bond acceptors (Lipinski definition) is 3. The normalized spacial score (nSPS) is 10.8. The molecule has 0 saturated heterocycles. The van der Waals surface area contributed by atoms with Crippen LogP contribution in [-0.2, 0) is 21.1 Å². The van der Waals surface area contributed by atoms with Gasteiger partial charge in [-0.3, -0.25) is 0 Å². The van der Waals surface area contributed by atoms with Gasteiger partial charge in [0.25, 0.3) is 0 Å². The Morgan fingerprint density at radius 2 is 2.15 bits per heavy atom. The fourth-order valence-corrected chi connectivity index (χ4v) is 2.16. The molecule has 1 aromatic rings. The molecule has 3 nitrogen and oxygen atoms in total. The number of hydrogen-bond donors (Lipinski definition) is 0. The van der Waals surface area contributed by atoms with Gasteiger partial charge in [-0.15, -0.1) is 0 Å². The number of rotatable bonds is 1. The van der Waals surface area contributed by atoms with Crippen LogP contribution in [0.3, 0.4) is 0 Å². The summed E-state index contributed by atoms with van der Waals surface area (Å²) >= 11 is -0.0147. The lowest BCUT2D eigenvalue weighted by molar-refractivity contribution is 0.607. The molecule has 0 saturated carbocycles. The third kappa shape index (κ3) is 2.05. The maximum Gasteiger partial charge on any atom is 0.215 e. The van der Waals surface area contributed by atoms with E-state index in [1.165, 1.54) is 19.1 Å². The lowest BCUT2D eigenvalue weighted by atomic mass is 10.4. The van der Waals surface area contributed by atoms with E-state index in [-0.39, 0.29) is 20.3 Å². The van der Waals surface area contributed by atoms with Gasteiger partial charge in [0, 0.05) is 6.07 Å². The Morgan fingerprint density at radius 3 is 2.62 bits per heavy atom. The van der Waals surface area contributed by atoms with E-state index in [9.17, 15) is 12.6 Å². The Hall–Kier alpha value is -0.940. The molecule has 69 valence electrons. The highest BCUT2D eigenvalue weighted by Crippen LogP contribution is 2.09. The minimum Gasteiger partial charge on any atom is -0.218 e. The predicted molar refractivity (Wildman–Crippen MR) is 51.3 cm³/mol. The van der Waals surface area contributed by atoms with Crippen LogP contribution in [-0.4, -0.2) is 16.8 Å². The topological polar surface area (TPSA) is 51.2 Å². The molecule has 0 aliphatic carbocycles. The molecule has 0 aliphatic rings. The molecule has 0 aromatic heterocycles. The second-order valence-electron chi connectivity index (χ2n) is 2.31. The van der Waals surface area contributed by atoms with Crippen molar-refractivity contribution in [2.24, 2.45) is 0 Å². The van der Waals surface area contributed by atoms with E-state index in [2.05, 4.69) is 6.07 Å². The van der Waals surface area contributed by atoms with Crippen molar-refractivity contribution < 1.29 is 12.6 Å². The first-order chi connectivity index (χ1) is 6.09. The summed E-state index contributed by atoms with van der Waals surface area (Å²) in [6.07, 6.45) is 0. The first-order valence-corrected chi connectivity index (χ1v) is 5.66. The predicted octanol–water partition coefficient (Wildman–Crippen LogP) is 0.623. The lowest BCUT2D eigenvalue weighted by Gasteiger charge is -1.98. The van der Waals surface area contributed by atoms with Crippen LogP contribution in [0.2, 0.25) is 0 Å². The fourth-order valence-electron chi connectivity index (χ4n) is 0.744. The van der Waals surface area contributed by atoms with Crippen LogP contribution in [0.4, 0.5) is 0 Å². The molecule has 0 spiro atoms. The molecular formula is C8H7O3S2. The highest BCUT2D eigenvalue weighted by Gasteiger charge is 2.17. The van der Waals surface area contributed by atoms with Crippen LogP contribution in [0.25, 0.3) is 0 Å². The zero-order valence-corrected chi connectivity index (χ0v) is 8.48. The smallest absolute Gasteiger partial charge is 0.215 e. The first kappa shape index (κ1) is 10.1. The molecule has 0 atom stereocenters. The van der Waals surface area contributed by atoms with Crippen LogP contribution < -0.4 is 0 Å². The third-order valence-electron chi connectivity index (χ3n) is 1.47. The van der Waals surface area contributed by atoms with Gasteiger partial charge in [0.15, 0.2) is 0 Å². The van der Waals surface area contributed by atoms with Crippen molar-refractivity contribution in [1.29, 1.82) is 0 Å². The molecule has 0 unspecified atom stereocenters. The summed E-state index contributed by atoms with van der Waals surface area (Å²) in [7, 11) is -3.58. The average Bonchev–Trinajstić information content (AvgIpc) is 2.18. The van der Waals surface area contributed by atoms with Gasteiger partial charge in [-0.25, -0.2) is 12.6 Å². The molecule has 0 fully saturated rings. The Bertz CT molecular complexity index is 442. The lowest BCUT2D eigenvalue weighted by Crippen LogP contribution is -2.11. The highest BCUT2D eigenvalue weighted by molar-refractivity contribution is 8.14. The van der Waals surface area contributed by atoms with Crippen molar-refractivity contribution >= 4 is 25.3 Å². The van der Waals surface area contributed by atoms with E-state index in [1.807, 2.05) is 0 Å². The maximum atomic E-state index is 11.5. The van der Waals surface area contributed by atoms with E-state index in [0.717, 1.165) is 0 Å². The van der Waals surface area contributed by atoms with Gasteiger partial charge in [-0.2, -0.15) is 0 Å². The second-order valence-corrected chi connectivity index (χ2v) is 5.40. The summed E-state index contributed by atoms with van der Waals surface area (Å²) in [6, 6.07) is 8.73. The SMILES string of the molecule is CC(=S=O)S(=O)(=O)c1[c]cccc1. The summed E-state index contributed by atoms with van der Waals surface area (Å²) in [4.78, 5) is 0.0378. The van der Waals surface area contributed by atoms with Gasteiger partial charge in [0.1, 0.15) is 15.5 Å². The van der Waals surface area contributed by atoms with Crippen molar-refractivity contribution in [3.63, 3.8) is 0 Å².